The van der Waals surface area contributed by atoms with Crippen LogP contribution in [0.2, 0.25) is 0 Å². The van der Waals surface area contributed by atoms with E-state index in [1.165, 1.54) is 10.4 Å². The summed E-state index contributed by atoms with van der Waals surface area (Å²) >= 11 is 1.67. The first-order valence-corrected chi connectivity index (χ1v) is 8.65. The summed E-state index contributed by atoms with van der Waals surface area (Å²) in [7, 11) is 0. The van der Waals surface area contributed by atoms with Crippen molar-refractivity contribution in [3.8, 4) is 0 Å². The summed E-state index contributed by atoms with van der Waals surface area (Å²) in [5.41, 5.74) is 1.17. The van der Waals surface area contributed by atoms with E-state index < -0.39 is 12.1 Å². The third-order valence-electron chi connectivity index (χ3n) is 4.37. The van der Waals surface area contributed by atoms with Gasteiger partial charge in [0.05, 0.1) is 5.92 Å². The minimum atomic E-state index is -4.04. The maximum atomic E-state index is 13.0. The van der Waals surface area contributed by atoms with Crippen LogP contribution in [0.4, 0.5) is 13.2 Å². The number of aryl methyl sites for hydroxylation is 1. The third kappa shape index (κ3) is 4.46. The minimum absolute atomic E-state index is 0.0695. The molecule has 120 valence electrons. The Balaban J connectivity index is 2.12. The Morgan fingerprint density at radius 2 is 2.14 bits per heavy atom. The van der Waals surface area contributed by atoms with Crippen LogP contribution in [0.1, 0.15) is 55.5 Å². The first-order valence-electron chi connectivity index (χ1n) is 7.77. The van der Waals surface area contributed by atoms with Crippen LogP contribution < -0.4 is 5.32 Å². The average molecular weight is 319 g/mol. The highest BCUT2D eigenvalue weighted by Crippen LogP contribution is 2.44. The van der Waals surface area contributed by atoms with Gasteiger partial charge in [-0.25, -0.2) is 0 Å². The Morgan fingerprint density at radius 1 is 1.38 bits per heavy atom. The zero-order valence-corrected chi connectivity index (χ0v) is 13.5. The Bertz CT molecular complexity index is 441. The summed E-state index contributed by atoms with van der Waals surface area (Å²) < 4.78 is 39.1. The van der Waals surface area contributed by atoms with Gasteiger partial charge >= 0.3 is 6.18 Å². The summed E-state index contributed by atoms with van der Waals surface area (Å²) in [6.07, 6.45) is -0.915. The minimum Gasteiger partial charge on any atom is -0.310 e. The number of nitrogens with one attached hydrogen (secondary N) is 1. The molecule has 1 aromatic rings. The van der Waals surface area contributed by atoms with Crippen molar-refractivity contribution in [3.63, 3.8) is 0 Å². The molecule has 1 fully saturated rings. The fraction of sp³-hybridized carbons (Fsp3) is 0.750. The molecule has 3 atom stereocenters. The highest BCUT2D eigenvalue weighted by Gasteiger charge is 2.43. The highest BCUT2D eigenvalue weighted by atomic mass is 32.1. The van der Waals surface area contributed by atoms with Gasteiger partial charge in [0.1, 0.15) is 0 Å². The van der Waals surface area contributed by atoms with Gasteiger partial charge in [-0.1, -0.05) is 13.3 Å². The van der Waals surface area contributed by atoms with E-state index in [1.54, 1.807) is 11.3 Å². The van der Waals surface area contributed by atoms with Crippen LogP contribution in [0.3, 0.4) is 0 Å². The van der Waals surface area contributed by atoms with Gasteiger partial charge in [-0.2, -0.15) is 13.2 Å². The Labute approximate surface area is 128 Å². The van der Waals surface area contributed by atoms with Gasteiger partial charge in [0, 0.05) is 10.9 Å². The Morgan fingerprint density at radius 3 is 2.71 bits per heavy atom. The zero-order valence-electron chi connectivity index (χ0n) is 12.7. The molecule has 0 saturated heterocycles. The van der Waals surface area contributed by atoms with Crippen molar-refractivity contribution in [2.24, 2.45) is 11.8 Å². The lowest BCUT2D eigenvalue weighted by atomic mass is 9.76. The second-order valence-electron chi connectivity index (χ2n) is 6.09. The number of alkyl halides is 3. The van der Waals surface area contributed by atoms with Crippen LogP contribution in [0.5, 0.6) is 0 Å². The second-order valence-corrected chi connectivity index (χ2v) is 7.20. The van der Waals surface area contributed by atoms with Crippen LogP contribution in [-0.2, 0) is 0 Å². The first kappa shape index (κ1) is 16.8. The molecule has 0 aliphatic heterocycles. The van der Waals surface area contributed by atoms with Gasteiger partial charge in [-0.15, -0.1) is 11.3 Å². The summed E-state index contributed by atoms with van der Waals surface area (Å²) in [4.78, 5) is 1.22. The lowest BCUT2D eigenvalue weighted by Crippen LogP contribution is -2.35. The maximum absolute atomic E-state index is 13.0. The molecule has 0 spiro atoms. The van der Waals surface area contributed by atoms with E-state index in [0.29, 0.717) is 12.8 Å². The molecule has 3 unspecified atom stereocenters. The van der Waals surface area contributed by atoms with Gasteiger partial charge in [0.2, 0.25) is 0 Å². The smallest absolute Gasteiger partial charge is 0.310 e. The predicted octanol–water partition coefficient (Wildman–Crippen LogP) is 5.47. The average Bonchev–Trinajstić information content (AvgIpc) is 2.85. The van der Waals surface area contributed by atoms with E-state index in [0.717, 1.165) is 19.4 Å². The fourth-order valence-corrected chi connectivity index (χ4v) is 4.05. The van der Waals surface area contributed by atoms with Gasteiger partial charge < -0.3 is 5.32 Å². The molecule has 0 aromatic carbocycles. The lowest BCUT2D eigenvalue weighted by Gasteiger charge is -2.35. The number of halogens is 3. The first-order chi connectivity index (χ1) is 9.91. The van der Waals surface area contributed by atoms with E-state index in [9.17, 15) is 13.2 Å². The predicted molar refractivity (Wildman–Crippen MR) is 81.6 cm³/mol. The quantitative estimate of drug-likeness (QED) is 0.759. The molecular formula is C16H24F3NS. The lowest BCUT2D eigenvalue weighted by molar-refractivity contribution is -0.186. The van der Waals surface area contributed by atoms with Crippen LogP contribution in [0.25, 0.3) is 0 Å². The van der Waals surface area contributed by atoms with Crippen LogP contribution in [-0.4, -0.2) is 12.7 Å². The van der Waals surface area contributed by atoms with Crippen molar-refractivity contribution in [1.29, 1.82) is 0 Å². The summed E-state index contributed by atoms with van der Waals surface area (Å²) in [6.45, 7) is 4.99. The van der Waals surface area contributed by atoms with E-state index >= 15 is 0 Å². The van der Waals surface area contributed by atoms with E-state index in [-0.39, 0.29) is 18.4 Å². The summed E-state index contributed by atoms with van der Waals surface area (Å²) in [6, 6.07) is 2.19. The zero-order chi connectivity index (χ0) is 15.5. The van der Waals surface area contributed by atoms with Crippen molar-refractivity contribution < 1.29 is 13.2 Å². The van der Waals surface area contributed by atoms with Gasteiger partial charge in [0.25, 0.3) is 0 Å². The van der Waals surface area contributed by atoms with Gasteiger partial charge in [0.15, 0.2) is 0 Å². The van der Waals surface area contributed by atoms with E-state index in [1.807, 2.05) is 6.92 Å². The number of hydrogen-bond acceptors (Lipinski definition) is 2. The molecule has 0 radical (unpaired) electrons. The third-order valence-corrected chi connectivity index (χ3v) is 5.25. The number of thiophene rings is 1. The molecule has 1 aliphatic rings. The molecule has 1 saturated carbocycles. The highest BCUT2D eigenvalue weighted by molar-refractivity contribution is 7.10. The molecule has 1 nitrogen and oxygen atoms in total. The Hall–Kier alpha value is -0.550. The molecular weight excluding hydrogens is 295 g/mol. The number of hydrogen-bond donors (Lipinski definition) is 1. The standard InChI is InChI=1S/C16H24F3NS/c1-3-7-20-15(13-8-11(2)21-10-13)12-5-4-6-14(9-12)16(17,18)19/h8,10,12,14-15,20H,3-7,9H2,1-2H3. The van der Waals surface area contributed by atoms with Crippen molar-refractivity contribution in [2.45, 2.75) is 58.2 Å². The monoisotopic (exact) mass is 319 g/mol. The molecule has 1 heterocycles. The SMILES string of the molecule is CCCNC(c1csc(C)c1)C1CCCC(C(F)(F)F)C1. The van der Waals surface area contributed by atoms with Crippen molar-refractivity contribution in [2.75, 3.05) is 6.54 Å². The van der Waals surface area contributed by atoms with Crippen molar-refractivity contribution in [3.05, 3.63) is 21.9 Å². The van der Waals surface area contributed by atoms with Gasteiger partial charge in [-0.05, 0) is 62.1 Å². The molecule has 5 heteroatoms. The van der Waals surface area contributed by atoms with Crippen LogP contribution in [0.15, 0.2) is 11.4 Å². The van der Waals surface area contributed by atoms with E-state index in [4.69, 9.17) is 0 Å². The normalized spacial score (nSPS) is 25.0. The Kier molecular flexibility index (Phi) is 5.72. The molecule has 1 aliphatic carbocycles. The topological polar surface area (TPSA) is 12.0 Å². The van der Waals surface area contributed by atoms with Crippen molar-refractivity contribution in [1.82, 2.24) is 5.32 Å². The second kappa shape index (κ2) is 7.14. The van der Waals surface area contributed by atoms with Crippen LogP contribution >= 0.6 is 11.3 Å². The fourth-order valence-electron chi connectivity index (χ4n) is 3.31. The summed E-state index contributed by atoms with van der Waals surface area (Å²) in [5, 5.41) is 5.58. The number of rotatable bonds is 5. The van der Waals surface area contributed by atoms with Gasteiger partial charge in [-0.3, -0.25) is 0 Å². The molecule has 2 rings (SSSR count). The van der Waals surface area contributed by atoms with Crippen LogP contribution in [0, 0.1) is 18.8 Å². The molecule has 1 N–H and O–H groups in total. The molecule has 1 aromatic heterocycles. The molecule has 0 amide bonds. The molecule has 21 heavy (non-hydrogen) atoms. The molecule has 0 bridgehead atoms. The maximum Gasteiger partial charge on any atom is 0.391 e. The summed E-state index contributed by atoms with van der Waals surface area (Å²) in [5.74, 6) is -1.03. The van der Waals surface area contributed by atoms with Crippen molar-refractivity contribution >= 4 is 11.3 Å². The largest absolute Gasteiger partial charge is 0.391 e. The van der Waals surface area contributed by atoms with E-state index in [2.05, 4.69) is 23.7 Å².